The number of furan rings is 1. The zero-order valence-electron chi connectivity index (χ0n) is 22.5. The van der Waals surface area contributed by atoms with Crippen molar-refractivity contribution in [2.45, 2.75) is 6.61 Å². The molecule has 0 N–H and O–H groups in total. The van der Waals surface area contributed by atoms with Gasteiger partial charge in [0.05, 0.1) is 17.1 Å². The van der Waals surface area contributed by atoms with Gasteiger partial charge >= 0.3 is 0 Å². The largest absolute Gasteiger partial charge is 0.488 e. The number of fused-ring (bicyclic) bond motifs is 2. The molecule has 0 bridgehead atoms. The summed E-state index contributed by atoms with van der Waals surface area (Å²) in [5, 5.41) is 7.44. The van der Waals surface area contributed by atoms with Crippen LogP contribution < -0.4 is 15.2 Å². The molecule has 0 amide bonds. The fourth-order valence-electron chi connectivity index (χ4n) is 4.46. The van der Waals surface area contributed by atoms with Crippen molar-refractivity contribution in [2.75, 3.05) is 19.0 Å². The van der Waals surface area contributed by atoms with Crippen LogP contribution in [0, 0.1) is 0 Å². The van der Waals surface area contributed by atoms with E-state index in [-0.39, 0.29) is 18.0 Å². The first-order valence-electron chi connectivity index (χ1n) is 12.9. The fourth-order valence-corrected chi connectivity index (χ4v) is 5.11. The third kappa shape index (κ3) is 5.59. The highest BCUT2D eigenvalue weighted by Crippen LogP contribution is 2.30. The molecule has 2 heterocycles. The molecule has 6 aromatic rings. The summed E-state index contributed by atoms with van der Waals surface area (Å²) in [6, 6.07) is 25.2. The van der Waals surface area contributed by atoms with Gasteiger partial charge in [-0.2, -0.15) is 9.78 Å². The van der Waals surface area contributed by atoms with E-state index in [0.29, 0.717) is 48.6 Å². The number of ether oxygens (including phenoxy) is 1. The average Bonchev–Trinajstić information content (AvgIpc) is 3.39. The SMILES string of the molecule is CN(C)c1ccc(C=Nn2c(-c3cc4cc(Cl)ccc4o3)nc3ccccc3c2=O)c(OCc2ccc(Cl)cc2Cl)c1. The lowest BCUT2D eigenvalue weighted by atomic mass is 10.2. The maximum absolute atomic E-state index is 13.7. The number of hydrogen-bond donors (Lipinski definition) is 0. The number of aromatic nitrogens is 2. The molecule has 0 aliphatic carbocycles. The van der Waals surface area contributed by atoms with Crippen LogP contribution >= 0.6 is 34.8 Å². The van der Waals surface area contributed by atoms with Crippen molar-refractivity contribution in [2.24, 2.45) is 5.10 Å². The second-order valence-electron chi connectivity index (χ2n) is 9.75. The molecule has 0 fully saturated rings. The minimum Gasteiger partial charge on any atom is -0.488 e. The van der Waals surface area contributed by atoms with E-state index in [4.69, 9.17) is 48.9 Å². The monoisotopic (exact) mass is 616 g/mol. The van der Waals surface area contributed by atoms with Gasteiger partial charge in [-0.3, -0.25) is 4.79 Å². The first-order valence-corrected chi connectivity index (χ1v) is 14.0. The molecule has 4 aromatic carbocycles. The number of para-hydroxylation sites is 1. The average molecular weight is 618 g/mol. The quantitative estimate of drug-likeness (QED) is 0.169. The van der Waals surface area contributed by atoms with E-state index in [0.717, 1.165) is 16.6 Å². The molecule has 42 heavy (non-hydrogen) atoms. The van der Waals surface area contributed by atoms with Gasteiger partial charge in [0.15, 0.2) is 5.76 Å². The molecule has 0 saturated carbocycles. The van der Waals surface area contributed by atoms with E-state index in [2.05, 4.69) is 5.10 Å². The van der Waals surface area contributed by atoms with E-state index in [1.807, 2.05) is 49.3 Å². The highest BCUT2D eigenvalue weighted by molar-refractivity contribution is 6.35. The molecule has 210 valence electrons. The van der Waals surface area contributed by atoms with Crippen molar-refractivity contribution in [1.29, 1.82) is 0 Å². The van der Waals surface area contributed by atoms with Gasteiger partial charge in [0.25, 0.3) is 5.56 Å². The van der Waals surface area contributed by atoms with E-state index in [9.17, 15) is 4.79 Å². The zero-order chi connectivity index (χ0) is 29.4. The molecular formula is C32H23Cl3N4O3. The van der Waals surface area contributed by atoms with Gasteiger partial charge in [0, 0.05) is 57.4 Å². The lowest BCUT2D eigenvalue weighted by Crippen LogP contribution is -2.20. The molecule has 0 atom stereocenters. The summed E-state index contributed by atoms with van der Waals surface area (Å²) in [7, 11) is 3.88. The van der Waals surface area contributed by atoms with Crippen LogP contribution in [0.5, 0.6) is 5.75 Å². The van der Waals surface area contributed by atoms with Gasteiger partial charge in [0.1, 0.15) is 17.9 Å². The number of hydrogen-bond acceptors (Lipinski definition) is 6. The second kappa shape index (κ2) is 11.5. The van der Waals surface area contributed by atoms with Crippen molar-refractivity contribution in [3.8, 4) is 17.3 Å². The minimum atomic E-state index is -0.342. The smallest absolute Gasteiger partial charge is 0.282 e. The molecule has 0 unspecified atom stereocenters. The normalized spacial score (nSPS) is 11.5. The Bertz CT molecular complexity index is 2050. The summed E-state index contributed by atoms with van der Waals surface area (Å²) in [5.74, 6) is 1.18. The van der Waals surface area contributed by atoms with Gasteiger partial charge in [-0.05, 0) is 60.7 Å². The second-order valence-corrected chi connectivity index (χ2v) is 11.0. The lowest BCUT2D eigenvalue weighted by Gasteiger charge is -2.16. The van der Waals surface area contributed by atoms with Crippen LogP contribution in [0.3, 0.4) is 0 Å². The Kier molecular flexibility index (Phi) is 7.64. The Hall–Kier alpha value is -4.30. The summed E-state index contributed by atoms with van der Waals surface area (Å²) in [4.78, 5) is 20.4. The molecule has 2 aromatic heterocycles. The van der Waals surface area contributed by atoms with Crippen LogP contribution in [0.1, 0.15) is 11.1 Å². The topological polar surface area (TPSA) is 72.9 Å². The Labute approximate surface area is 256 Å². The maximum Gasteiger partial charge on any atom is 0.282 e. The fraction of sp³-hybridized carbons (Fsp3) is 0.0938. The van der Waals surface area contributed by atoms with Crippen LogP contribution in [0.2, 0.25) is 15.1 Å². The minimum absolute atomic E-state index is 0.206. The number of benzene rings is 4. The summed E-state index contributed by atoms with van der Waals surface area (Å²) in [5.41, 5.74) is 3.15. The first kappa shape index (κ1) is 27.8. The number of rotatable bonds is 7. The molecular weight excluding hydrogens is 595 g/mol. The van der Waals surface area contributed by atoms with E-state index < -0.39 is 0 Å². The number of nitrogens with zero attached hydrogens (tertiary/aromatic N) is 4. The van der Waals surface area contributed by atoms with Crippen LogP contribution in [-0.2, 0) is 6.61 Å². The van der Waals surface area contributed by atoms with Crippen molar-refractivity contribution < 1.29 is 9.15 Å². The maximum atomic E-state index is 13.7. The molecule has 0 saturated heterocycles. The van der Waals surface area contributed by atoms with Crippen molar-refractivity contribution in [3.05, 3.63) is 121 Å². The van der Waals surface area contributed by atoms with Gasteiger partial charge in [-0.25, -0.2) is 4.98 Å². The predicted molar refractivity (Wildman–Crippen MR) is 171 cm³/mol. The van der Waals surface area contributed by atoms with Gasteiger partial charge in [0.2, 0.25) is 5.82 Å². The summed E-state index contributed by atoms with van der Waals surface area (Å²) in [6.07, 6.45) is 1.57. The predicted octanol–water partition coefficient (Wildman–Crippen LogP) is 8.30. The van der Waals surface area contributed by atoms with Crippen LogP contribution in [0.25, 0.3) is 33.5 Å². The van der Waals surface area contributed by atoms with E-state index >= 15 is 0 Å². The highest BCUT2D eigenvalue weighted by atomic mass is 35.5. The Morgan fingerprint density at radius 1 is 0.952 bits per heavy atom. The molecule has 0 radical (unpaired) electrons. The number of anilines is 1. The van der Waals surface area contributed by atoms with Gasteiger partial charge < -0.3 is 14.1 Å². The van der Waals surface area contributed by atoms with Gasteiger partial charge in [-0.1, -0.05) is 53.0 Å². The van der Waals surface area contributed by atoms with Crippen molar-refractivity contribution in [3.63, 3.8) is 0 Å². The van der Waals surface area contributed by atoms with Crippen molar-refractivity contribution >= 4 is 68.6 Å². The Balaban J connectivity index is 1.45. The Morgan fingerprint density at radius 3 is 2.55 bits per heavy atom. The molecule has 0 aliphatic rings. The lowest BCUT2D eigenvalue weighted by molar-refractivity contribution is 0.306. The van der Waals surface area contributed by atoms with E-state index in [1.54, 1.807) is 60.8 Å². The molecule has 0 aliphatic heterocycles. The zero-order valence-corrected chi connectivity index (χ0v) is 24.8. The Morgan fingerprint density at radius 2 is 1.74 bits per heavy atom. The summed E-state index contributed by atoms with van der Waals surface area (Å²) >= 11 is 18.6. The molecule has 6 rings (SSSR count). The van der Waals surface area contributed by atoms with E-state index in [1.165, 1.54) is 4.68 Å². The van der Waals surface area contributed by atoms with Crippen LogP contribution in [0.4, 0.5) is 5.69 Å². The third-order valence-corrected chi connectivity index (χ3v) is 7.50. The first-order chi connectivity index (χ1) is 20.3. The van der Waals surface area contributed by atoms with Gasteiger partial charge in [-0.15, -0.1) is 0 Å². The third-order valence-electron chi connectivity index (χ3n) is 6.68. The summed E-state index contributed by atoms with van der Waals surface area (Å²) in [6.45, 7) is 0.206. The molecule has 0 spiro atoms. The highest BCUT2D eigenvalue weighted by Gasteiger charge is 2.17. The van der Waals surface area contributed by atoms with Crippen LogP contribution in [-0.4, -0.2) is 30.0 Å². The number of halogens is 3. The van der Waals surface area contributed by atoms with Crippen molar-refractivity contribution in [1.82, 2.24) is 9.66 Å². The van der Waals surface area contributed by atoms with Crippen LogP contribution in [0.15, 0.2) is 99.2 Å². The summed E-state index contributed by atoms with van der Waals surface area (Å²) < 4.78 is 13.5. The molecule has 10 heteroatoms. The molecule has 7 nitrogen and oxygen atoms in total. The standard InChI is InChI=1S/C32H23Cl3N4O3/c1-38(2)24-11-8-19(29(16-24)41-18-20-7-9-23(34)15-26(20)35)17-36-39-31(37-27-6-4-3-5-25(27)32(39)40)30-14-21-13-22(33)10-12-28(21)42-30/h3-17H,18H2,1-2H3.